The van der Waals surface area contributed by atoms with E-state index in [4.69, 9.17) is 4.42 Å². The lowest BCUT2D eigenvalue weighted by Gasteiger charge is -2.14. The van der Waals surface area contributed by atoms with Gasteiger partial charge in [-0.3, -0.25) is 9.59 Å². The fraction of sp³-hybridized carbons (Fsp3) is 0.273. The SMILES string of the molecule is O=C(NCCC1=CCCCC1)C(=Cc1ccco1)NC(=O)c1ccccc1. The number of nitrogens with one attached hydrogen (secondary N) is 2. The van der Waals surface area contributed by atoms with Crippen LogP contribution >= 0.6 is 0 Å². The van der Waals surface area contributed by atoms with Gasteiger partial charge in [0.2, 0.25) is 0 Å². The van der Waals surface area contributed by atoms with Crippen molar-refractivity contribution in [3.05, 3.63) is 77.4 Å². The summed E-state index contributed by atoms with van der Waals surface area (Å²) in [6.45, 7) is 0.543. The monoisotopic (exact) mass is 364 g/mol. The van der Waals surface area contributed by atoms with Crippen LogP contribution in [0.2, 0.25) is 0 Å². The van der Waals surface area contributed by atoms with Gasteiger partial charge in [-0.2, -0.15) is 0 Å². The standard InChI is InChI=1S/C22H24N2O3/c25-21(18-10-5-2-6-11-18)24-20(16-19-12-7-15-27-19)22(26)23-14-13-17-8-3-1-4-9-17/h2,5-8,10-12,15-16H,1,3-4,9,13-14H2,(H,23,26)(H,24,25). The molecule has 2 N–H and O–H groups in total. The zero-order chi connectivity index (χ0) is 18.9. The van der Waals surface area contributed by atoms with E-state index in [-0.39, 0.29) is 17.5 Å². The van der Waals surface area contributed by atoms with E-state index in [9.17, 15) is 9.59 Å². The molecule has 0 bridgehead atoms. The summed E-state index contributed by atoms with van der Waals surface area (Å²) in [7, 11) is 0. The summed E-state index contributed by atoms with van der Waals surface area (Å²) in [4.78, 5) is 25.1. The highest BCUT2D eigenvalue weighted by Crippen LogP contribution is 2.19. The van der Waals surface area contributed by atoms with Crippen LogP contribution in [0.1, 0.15) is 48.2 Å². The van der Waals surface area contributed by atoms with Crippen LogP contribution in [0.25, 0.3) is 6.08 Å². The number of hydrogen-bond donors (Lipinski definition) is 2. The van der Waals surface area contributed by atoms with Crippen molar-refractivity contribution in [3.63, 3.8) is 0 Å². The molecule has 5 heteroatoms. The quantitative estimate of drug-likeness (QED) is 0.575. The van der Waals surface area contributed by atoms with Crippen LogP contribution < -0.4 is 10.6 Å². The fourth-order valence-electron chi connectivity index (χ4n) is 3.02. The highest BCUT2D eigenvalue weighted by Gasteiger charge is 2.15. The van der Waals surface area contributed by atoms with Crippen molar-refractivity contribution in [2.24, 2.45) is 0 Å². The molecule has 140 valence electrons. The molecule has 0 radical (unpaired) electrons. The highest BCUT2D eigenvalue weighted by molar-refractivity contribution is 6.05. The molecule has 1 aromatic heterocycles. The molecule has 5 nitrogen and oxygen atoms in total. The summed E-state index contributed by atoms with van der Waals surface area (Å²) in [5.74, 6) is -0.158. The number of allylic oxidation sites excluding steroid dienone is 1. The third kappa shape index (κ3) is 5.71. The number of carbonyl (C=O) groups is 2. The lowest BCUT2D eigenvalue weighted by atomic mass is 9.97. The van der Waals surface area contributed by atoms with E-state index in [1.165, 1.54) is 30.8 Å². The van der Waals surface area contributed by atoms with Crippen LogP contribution in [0.4, 0.5) is 0 Å². The molecule has 27 heavy (non-hydrogen) atoms. The van der Waals surface area contributed by atoms with Crippen molar-refractivity contribution in [2.75, 3.05) is 6.54 Å². The molecule has 0 aliphatic heterocycles. The van der Waals surface area contributed by atoms with Gasteiger partial charge in [0.05, 0.1) is 6.26 Å². The summed E-state index contributed by atoms with van der Waals surface area (Å²) in [5.41, 5.74) is 2.05. The molecular weight excluding hydrogens is 340 g/mol. The Kier molecular flexibility index (Phi) is 6.63. The molecule has 2 aromatic rings. The Balaban J connectivity index is 1.65. The summed E-state index contributed by atoms with van der Waals surface area (Å²) in [6.07, 6.45) is 10.9. The Morgan fingerprint density at radius 2 is 1.93 bits per heavy atom. The molecule has 0 atom stereocenters. The second-order valence-electron chi connectivity index (χ2n) is 6.51. The average molecular weight is 364 g/mol. The second kappa shape index (κ2) is 9.57. The van der Waals surface area contributed by atoms with Crippen LogP contribution in [0, 0.1) is 0 Å². The minimum atomic E-state index is -0.335. The van der Waals surface area contributed by atoms with Gasteiger partial charge in [-0.15, -0.1) is 0 Å². The van der Waals surface area contributed by atoms with Crippen LogP contribution in [0.15, 0.2) is 70.5 Å². The van der Waals surface area contributed by atoms with Crippen LogP contribution in [0.5, 0.6) is 0 Å². The van der Waals surface area contributed by atoms with Crippen molar-refractivity contribution < 1.29 is 14.0 Å². The smallest absolute Gasteiger partial charge is 0.267 e. The summed E-state index contributed by atoms with van der Waals surface area (Å²) < 4.78 is 5.28. The molecular formula is C22H24N2O3. The van der Waals surface area contributed by atoms with E-state index >= 15 is 0 Å². The molecule has 3 rings (SSSR count). The molecule has 0 spiro atoms. The maximum Gasteiger partial charge on any atom is 0.267 e. The van der Waals surface area contributed by atoms with Gasteiger partial charge in [0.25, 0.3) is 11.8 Å². The average Bonchev–Trinajstić information content (AvgIpc) is 3.22. The topological polar surface area (TPSA) is 71.3 Å². The van der Waals surface area contributed by atoms with E-state index in [2.05, 4.69) is 16.7 Å². The summed E-state index contributed by atoms with van der Waals surface area (Å²) >= 11 is 0. The van der Waals surface area contributed by atoms with Gasteiger partial charge in [0, 0.05) is 18.2 Å². The zero-order valence-corrected chi connectivity index (χ0v) is 15.2. The van der Waals surface area contributed by atoms with Gasteiger partial charge >= 0.3 is 0 Å². The largest absolute Gasteiger partial charge is 0.465 e. The van der Waals surface area contributed by atoms with Gasteiger partial charge in [-0.05, 0) is 56.4 Å². The number of carbonyl (C=O) groups excluding carboxylic acids is 2. The number of amides is 2. The number of furan rings is 1. The van der Waals surface area contributed by atoms with Gasteiger partial charge in [0.1, 0.15) is 11.5 Å². The van der Waals surface area contributed by atoms with Crippen molar-refractivity contribution in [1.82, 2.24) is 10.6 Å². The predicted octanol–water partition coefficient (Wildman–Crippen LogP) is 4.06. The predicted molar refractivity (Wildman–Crippen MR) is 105 cm³/mol. The molecule has 2 amide bonds. The number of benzene rings is 1. The molecule has 0 saturated heterocycles. The van der Waals surface area contributed by atoms with Crippen molar-refractivity contribution in [1.29, 1.82) is 0 Å². The zero-order valence-electron chi connectivity index (χ0n) is 15.2. The maximum absolute atomic E-state index is 12.6. The minimum absolute atomic E-state index is 0.163. The van der Waals surface area contributed by atoms with Gasteiger partial charge in [-0.25, -0.2) is 0 Å². The first-order chi connectivity index (χ1) is 13.2. The van der Waals surface area contributed by atoms with Crippen molar-refractivity contribution in [2.45, 2.75) is 32.1 Å². The molecule has 1 heterocycles. The van der Waals surface area contributed by atoms with Gasteiger partial charge in [-0.1, -0.05) is 29.8 Å². The second-order valence-corrected chi connectivity index (χ2v) is 6.51. The normalized spacial score (nSPS) is 14.4. The molecule has 1 aliphatic carbocycles. The van der Waals surface area contributed by atoms with Crippen molar-refractivity contribution in [3.8, 4) is 0 Å². The fourth-order valence-corrected chi connectivity index (χ4v) is 3.02. The summed E-state index contributed by atoms with van der Waals surface area (Å²) in [6, 6.07) is 12.3. The molecule has 1 aromatic carbocycles. The van der Waals surface area contributed by atoms with Crippen LogP contribution in [-0.4, -0.2) is 18.4 Å². The molecule has 0 saturated carbocycles. The van der Waals surface area contributed by atoms with E-state index in [0.717, 1.165) is 19.3 Å². The molecule has 1 aliphatic rings. The number of rotatable bonds is 7. The maximum atomic E-state index is 12.6. The van der Waals surface area contributed by atoms with Gasteiger partial charge in [0.15, 0.2) is 0 Å². The lowest BCUT2D eigenvalue weighted by molar-refractivity contribution is -0.117. The first kappa shape index (κ1) is 18.7. The Hall–Kier alpha value is -3.08. The van der Waals surface area contributed by atoms with Gasteiger partial charge < -0.3 is 15.1 Å². The number of hydrogen-bond acceptors (Lipinski definition) is 3. The first-order valence-corrected chi connectivity index (χ1v) is 9.30. The Morgan fingerprint density at radius 1 is 1.07 bits per heavy atom. The Labute approximate surface area is 159 Å². The van der Waals surface area contributed by atoms with Crippen LogP contribution in [-0.2, 0) is 4.79 Å². The highest BCUT2D eigenvalue weighted by atomic mass is 16.3. The Bertz CT molecular complexity index is 821. The van der Waals surface area contributed by atoms with E-state index in [1.807, 2.05) is 6.07 Å². The van der Waals surface area contributed by atoms with Crippen LogP contribution in [0.3, 0.4) is 0 Å². The first-order valence-electron chi connectivity index (χ1n) is 9.30. The Morgan fingerprint density at radius 3 is 2.63 bits per heavy atom. The molecule has 0 unspecified atom stereocenters. The lowest BCUT2D eigenvalue weighted by Crippen LogP contribution is -2.35. The molecule has 0 fully saturated rings. The third-order valence-electron chi connectivity index (χ3n) is 4.48. The summed E-state index contributed by atoms with van der Waals surface area (Å²) in [5, 5.41) is 5.59. The van der Waals surface area contributed by atoms with E-state index in [0.29, 0.717) is 17.9 Å². The van der Waals surface area contributed by atoms with E-state index < -0.39 is 0 Å². The third-order valence-corrected chi connectivity index (χ3v) is 4.48. The minimum Gasteiger partial charge on any atom is -0.465 e. The van der Waals surface area contributed by atoms with E-state index in [1.54, 1.807) is 36.4 Å². The van der Waals surface area contributed by atoms with Crippen molar-refractivity contribution >= 4 is 17.9 Å².